The first kappa shape index (κ1) is 17.0. The molecule has 3 aromatic carbocycles. The van der Waals surface area contributed by atoms with Gasteiger partial charge in [0.25, 0.3) is 5.91 Å². The van der Waals surface area contributed by atoms with Crippen LogP contribution in [0.1, 0.15) is 34.5 Å². The van der Waals surface area contributed by atoms with Crippen LogP contribution >= 0.6 is 0 Å². The van der Waals surface area contributed by atoms with Crippen molar-refractivity contribution in [2.45, 2.75) is 19.1 Å². The molecule has 0 aliphatic heterocycles. The van der Waals surface area contributed by atoms with Crippen molar-refractivity contribution in [3.63, 3.8) is 0 Å². The molecule has 0 saturated carbocycles. The molecule has 0 bridgehead atoms. The van der Waals surface area contributed by atoms with E-state index in [4.69, 9.17) is 0 Å². The molecule has 0 radical (unpaired) electrons. The molecule has 0 aliphatic rings. The van der Waals surface area contributed by atoms with Crippen LogP contribution in [0.4, 0.5) is 13.2 Å². The van der Waals surface area contributed by atoms with Crippen LogP contribution in [0.15, 0.2) is 66.7 Å². The SMILES string of the molecule is C[C@@H](NC(=O)c1ccc(C(F)(F)F)cc1)c1cccc2ccccc12. The third kappa shape index (κ3) is 3.65. The first-order chi connectivity index (χ1) is 11.9. The summed E-state index contributed by atoms with van der Waals surface area (Å²) in [6.45, 7) is 1.85. The lowest BCUT2D eigenvalue weighted by atomic mass is 9.99. The fourth-order valence-electron chi connectivity index (χ4n) is 2.80. The largest absolute Gasteiger partial charge is 0.416 e. The van der Waals surface area contributed by atoms with Crippen LogP contribution in [-0.4, -0.2) is 5.91 Å². The summed E-state index contributed by atoms with van der Waals surface area (Å²) in [5.74, 6) is -0.408. The van der Waals surface area contributed by atoms with Crippen molar-refractivity contribution >= 4 is 16.7 Å². The first-order valence-corrected chi connectivity index (χ1v) is 7.82. The van der Waals surface area contributed by atoms with Crippen LogP contribution in [0.2, 0.25) is 0 Å². The van der Waals surface area contributed by atoms with Crippen molar-refractivity contribution in [2.75, 3.05) is 0 Å². The second-order valence-electron chi connectivity index (χ2n) is 5.84. The Balaban J connectivity index is 1.80. The third-order valence-corrected chi connectivity index (χ3v) is 4.11. The smallest absolute Gasteiger partial charge is 0.345 e. The lowest BCUT2D eigenvalue weighted by Crippen LogP contribution is -2.26. The van der Waals surface area contributed by atoms with E-state index in [2.05, 4.69) is 5.32 Å². The molecule has 5 heteroatoms. The van der Waals surface area contributed by atoms with Crippen LogP contribution in [0, 0.1) is 0 Å². The Labute approximate surface area is 143 Å². The molecule has 0 aliphatic carbocycles. The van der Waals surface area contributed by atoms with Crippen LogP contribution in [0.5, 0.6) is 0 Å². The summed E-state index contributed by atoms with van der Waals surface area (Å²) < 4.78 is 37.8. The van der Waals surface area contributed by atoms with Gasteiger partial charge in [-0.3, -0.25) is 4.79 Å². The molecule has 1 atom stereocenters. The van der Waals surface area contributed by atoms with Gasteiger partial charge in [0.15, 0.2) is 0 Å². The van der Waals surface area contributed by atoms with Crippen molar-refractivity contribution in [2.24, 2.45) is 0 Å². The quantitative estimate of drug-likeness (QED) is 0.682. The molecule has 25 heavy (non-hydrogen) atoms. The minimum Gasteiger partial charge on any atom is -0.345 e. The van der Waals surface area contributed by atoms with E-state index in [1.54, 1.807) is 0 Å². The molecule has 1 amide bonds. The Morgan fingerprint density at radius 3 is 2.24 bits per heavy atom. The zero-order valence-electron chi connectivity index (χ0n) is 13.5. The minimum atomic E-state index is -4.41. The number of fused-ring (bicyclic) bond motifs is 1. The van der Waals surface area contributed by atoms with Gasteiger partial charge < -0.3 is 5.32 Å². The van der Waals surface area contributed by atoms with Crippen LogP contribution in [0.25, 0.3) is 10.8 Å². The van der Waals surface area contributed by atoms with E-state index in [-0.39, 0.29) is 11.6 Å². The normalized spacial score (nSPS) is 12.8. The van der Waals surface area contributed by atoms with Crippen LogP contribution in [0.3, 0.4) is 0 Å². The molecule has 3 rings (SSSR count). The maximum absolute atomic E-state index is 12.6. The molecule has 2 nitrogen and oxygen atoms in total. The van der Waals surface area contributed by atoms with Gasteiger partial charge in [-0.25, -0.2) is 0 Å². The van der Waals surface area contributed by atoms with Gasteiger partial charge in [0.1, 0.15) is 0 Å². The number of nitrogens with one attached hydrogen (secondary N) is 1. The summed E-state index contributed by atoms with van der Waals surface area (Å²) in [7, 11) is 0. The Kier molecular flexibility index (Phi) is 4.49. The molecule has 0 spiro atoms. The topological polar surface area (TPSA) is 29.1 Å². The summed E-state index contributed by atoms with van der Waals surface area (Å²) >= 11 is 0. The van der Waals surface area contributed by atoms with E-state index in [0.29, 0.717) is 0 Å². The molecule has 0 aromatic heterocycles. The Morgan fingerprint density at radius 2 is 1.56 bits per heavy atom. The van der Waals surface area contributed by atoms with Gasteiger partial charge in [0, 0.05) is 5.56 Å². The van der Waals surface area contributed by atoms with Crippen molar-refractivity contribution < 1.29 is 18.0 Å². The predicted molar refractivity (Wildman–Crippen MR) is 91.3 cm³/mol. The van der Waals surface area contributed by atoms with Gasteiger partial charge in [0.05, 0.1) is 11.6 Å². The second kappa shape index (κ2) is 6.59. The van der Waals surface area contributed by atoms with Gasteiger partial charge >= 0.3 is 6.18 Å². The average Bonchev–Trinajstić information content (AvgIpc) is 2.60. The van der Waals surface area contributed by atoms with Crippen molar-refractivity contribution in [3.8, 4) is 0 Å². The Hall–Kier alpha value is -2.82. The van der Waals surface area contributed by atoms with E-state index in [0.717, 1.165) is 28.5 Å². The van der Waals surface area contributed by atoms with Gasteiger partial charge in [-0.1, -0.05) is 42.5 Å². The summed E-state index contributed by atoms with van der Waals surface area (Å²) in [6.07, 6.45) is -4.41. The second-order valence-corrected chi connectivity index (χ2v) is 5.84. The number of carbonyl (C=O) groups excluding carboxylic acids is 1. The zero-order valence-corrected chi connectivity index (χ0v) is 13.5. The van der Waals surface area contributed by atoms with E-state index in [1.807, 2.05) is 49.4 Å². The minimum absolute atomic E-state index is 0.195. The standard InChI is InChI=1S/C20H16F3NO/c1-13(17-8-4-6-14-5-2-3-7-18(14)17)24-19(25)15-9-11-16(12-10-15)20(21,22)23/h2-13H,1H3,(H,24,25)/t13-/m1/s1. The lowest BCUT2D eigenvalue weighted by molar-refractivity contribution is -0.137. The number of halogens is 3. The first-order valence-electron chi connectivity index (χ1n) is 7.82. The van der Waals surface area contributed by atoms with E-state index < -0.39 is 17.6 Å². The van der Waals surface area contributed by atoms with Gasteiger partial charge in [0.2, 0.25) is 0 Å². The number of benzene rings is 3. The van der Waals surface area contributed by atoms with Crippen molar-refractivity contribution in [3.05, 3.63) is 83.4 Å². The Morgan fingerprint density at radius 1 is 0.920 bits per heavy atom. The van der Waals surface area contributed by atoms with Crippen molar-refractivity contribution in [1.29, 1.82) is 0 Å². The van der Waals surface area contributed by atoms with Gasteiger partial charge in [-0.15, -0.1) is 0 Å². The Bertz CT molecular complexity index is 895. The predicted octanol–water partition coefficient (Wildman–Crippen LogP) is 5.35. The van der Waals surface area contributed by atoms with Crippen LogP contribution in [-0.2, 0) is 6.18 Å². The molecular weight excluding hydrogens is 327 g/mol. The van der Waals surface area contributed by atoms with Crippen LogP contribution < -0.4 is 5.32 Å². The number of rotatable bonds is 3. The summed E-state index contributed by atoms with van der Waals surface area (Å²) in [5, 5.41) is 4.94. The monoisotopic (exact) mass is 343 g/mol. The molecule has 0 heterocycles. The molecular formula is C20H16F3NO. The summed E-state index contributed by atoms with van der Waals surface area (Å²) in [5.41, 5.74) is 0.379. The highest BCUT2D eigenvalue weighted by Gasteiger charge is 2.30. The zero-order chi connectivity index (χ0) is 18.0. The van der Waals surface area contributed by atoms with Gasteiger partial charge in [-0.2, -0.15) is 13.2 Å². The number of hydrogen-bond acceptors (Lipinski definition) is 1. The summed E-state index contributed by atoms with van der Waals surface area (Å²) in [4.78, 5) is 12.3. The maximum Gasteiger partial charge on any atom is 0.416 e. The molecule has 0 unspecified atom stereocenters. The molecule has 3 aromatic rings. The van der Waals surface area contributed by atoms with E-state index >= 15 is 0 Å². The van der Waals surface area contributed by atoms with Gasteiger partial charge in [-0.05, 0) is 47.5 Å². The molecule has 0 fully saturated rings. The molecule has 128 valence electrons. The highest BCUT2D eigenvalue weighted by atomic mass is 19.4. The maximum atomic E-state index is 12.6. The highest BCUT2D eigenvalue weighted by Crippen LogP contribution is 2.29. The fraction of sp³-hybridized carbons (Fsp3) is 0.150. The number of hydrogen-bond donors (Lipinski definition) is 1. The molecule has 0 saturated heterocycles. The number of amides is 1. The van der Waals surface area contributed by atoms with Crippen molar-refractivity contribution in [1.82, 2.24) is 5.32 Å². The van der Waals surface area contributed by atoms with E-state index in [9.17, 15) is 18.0 Å². The third-order valence-electron chi connectivity index (χ3n) is 4.11. The van der Waals surface area contributed by atoms with E-state index in [1.165, 1.54) is 12.1 Å². The number of carbonyl (C=O) groups is 1. The summed E-state index contributed by atoms with van der Waals surface area (Å²) in [6, 6.07) is 17.6. The molecule has 1 N–H and O–H groups in total. The fourth-order valence-corrected chi connectivity index (χ4v) is 2.80. The average molecular weight is 343 g/mol. The highest BCUT2D eigenvalue weighted by molar-refractivity contribution is 5.95. The number of alkyl halides is 3. The lowest BCUT2D eigenvalue weighted by Gasteiger charge is -2.17.